The van der Waals surface area contributed by atoms with Crippen LogP contribution in [-0.4, -0.2) is 18.4 Å². The van der Waals surface area contributed by atoms with Crippen molar-refractivity contribution in [3.8, 4) is 0 Å². The first kappa shape index (κ1) is 16.2. The fraction of sp³-hybridized carbons (Fsp3) is 0.263. The van der Waals surface area contributed by atoms with Crippen LogP contribution in [0.4, 0.5) is 10.1 Å². The summed E-state index contributed by atoms with van der Waals surface area (Å²) in [6, 6.07) is 14.0. The summed E-state index contributed by atoms with van der Waals surface area (Å²) >= 11 is 0. The minimum absolute atomic E-state index is 0.0633. The van der Waals surface area contributed by atoms with Crippen LogP contribution in [0.3, 0.4) is 0 Å². The number of nitrogens with zero attached hydrogens (tertiary/aromatic N) is 1. The highest BCUT2D eigenvalue weighted by molar-refractivity contribution is 6.00. The molecule has 0 unspecified atom stereocenters. The van der Waals surface area contributed by atoms with Crippen molar-refractivity contribution >= 4 is 17.5 Å². The van der Waals surface area contributed by atoms with E-state index in [1.165, 1.54) is 6.07 Å². The molecule has 0 saturated carbocycles. The topological polar surface area (TPSA) is 49.4 Å². The van der Waals surface area contributed by atoms with Gasteiger partial charge in [-0.15, -0.1) is 0 Å². The number of rotatable bonds is 4. The van der Waals surface area contributed by atoms with Crippen molar-refractivity contribution in [2.75, 3.05) is 11.4 Å². The number of carbonyl (C=O) groups is 2. The standard InChI is InChI=1S/C19H19FN2O2/c1-13-5-4-7-16(9-13)22-12-15(10-18(22)23)19(24)21-11-14-6-2-3-8-17(14)20/h2-9,15H,10-12H2,1H3,(H,21,24)/t15-/m0/s1. The number of aryl methyl sites for hydroxylation is 1. The molecule has 0 radical (unpaired) electrons. The highest BCUT2D eigenvalue weighted by atomic mass is 19.1. The van der Waals surface area contributed by atoms with Gasteiger partial charge in [-0.25, -0.2) is 4.39 Å². The predicted molar refractivity (Wildman–Crippen MR) is 89.9 cm³/mol. The molecular formula is C19H19FN2O2. The van der Waals surface area contributed by atoms with E-state index in [4.69, 9.17) is 0 Å². The predicted octanol–water partition coefficient (Wildman–Crippen LogP) is 2.80. The number of benzene rings is 2. The van der Waals surface area contributed by atoms with Gasteiger partial charge in [0, 0.05) is 30.8 Å². The smallest absolute Gasteiger partial charge is 0.227 e. The molecule has 124 valence electrons. The lowest BCUT2D eigenvalue weighted by Gasteiger charge is -2.17. The third-order valence-electron chi connectivity index (χ3n) is 4.22. The Morgan fingerprint density at radius 1 is 1.25 bits per heavy atom. The van der Waals surface area contributed by atoms with Crippen molar-refractivity contribution in [3.05, 3.63) is 65.5 Å². The van der Waals surface area contributed by atoms with Crippen LogP contribution in [0.15, 0.2) is 48.5 Å². The van der Waals surface area contributed by atoms with Crippen LogP contribution < -0.4 is 10.2 Å². The molecule has 5 heteroatoms. The van der Waals surface area contributed by atoms with Crippen LogP contribution in [0.1, 0.15) is 17.5 Å². The summed E-state index contributed by atoms with van der Waals surface area (Å²) in [7, 11) is 0. The molecule has 1 heterocycles. The lowest BCUT2D eigenvalue weighted by molar-refractivity contribution is -0.126. The van der Waals surface area contributed by atoms with E-state index in [0.29, 0.717) is 12.1 Å². The van der Waals surface area contributed by atoms with E-state index in [0.717, 1.165) is 11.3 Å². The summed E-state index contributed by atoms with van der Waals surface area (Å²) < 4.78 is 13.6. The van der Waals surface area contributed by atoms with Gasteiger partial charge in [0.2, 0.25) is 11.8 Å². The van der Waals surface area contributed by atoms with Crippen LogP contribution in [0.5, 0.6) is 0 Å². The Bertz CT molecular complexity index is 775. The molecule has 2 amide bonds. The fourth-order valence-corrected chi connectivity index (χ4v) is 2.90. The Kier molecular flexibility index (Phi) is 4.60. The molecule has 0 aliphatic carbocycles. The van der Waals surface area contributed by atoms with Crippen molar-refractivity contribution in [1.29, 1.82) is 0 Å². The molecule has 4 nitrogen and oxygen atoms in total. The summed E-state index contributed by atoms with van der Waals surface area (Å²) in [5, 5.41) is 2.73. The maximum Gasteiger partial charge on any atom is 0.227 e. The maximum absolute atomic E-state index is 13.6. The number of hydrogen-bond donors (Lipinski definition) is 1. The molecule has 1 atom stereocenters. The normalized spacial score (nSPS) is 17.2. The van der Waals surface area contributed by atoms with Crippen molar-refractivity contribution in [2.45, 2.75) is 19.9 Å². The number of amides is 2. The van der Waals surface area contributed by atoms with E-state index < -0.39 is 5.92 Å². The van der Waals surface area contributed by atoms with Gasteiger partial charge < -0.3 is 10.2 Å². The minimum atomic E-state index is -0.412. The van der Waals surface area contributed by atoms with Gasteiger partial charge in [-0.2, -0.15) is 0 Å². The summed E-state index contributed by atoms with van der Waals surface area (Å²) in [5.74, 6) is -1.04. The summed E-state index contributed by atoms with van der Waals surface area (Å²) in [5.41, 5.74) is 2.31. The monoisotopic (exact) mass is 326 g/mol. The molecule has 1 saturated heterocycles. The Balaban J connectivity index is 1.63. The molecule has 0 bridgehead atoms. The highest BCUT2D eigenvalue weighted by Crippen LogP contribution is 2.25. The second kappa shape index (κ2) is 6.83. The highest BCUT2D eigenvalue weighted by Gasteiger charge is 2.35. The quantitative estimate of drug-likeness (QED) is 0.939. The average molecular weight is 326 g/mol. The SMILES string of the molecule is Cc1cccc(N2C[C@@H](C(=O)NCc3ccccc3F)CC2=O)c1. The Labute approximate surface area is 140 Å². The first-order chi connectivity index (χ1) is 11.5. The maximum atomic E-state index is 13.6. The molecule has 1 aliphatic rings. The lowest BCUT2D eigenvalue weighted by atomic mass is 10.1. The number of halogens is 1. The number of nitrogens with one attached hydrogen (secondary N) is 1. The summed E-state index contributed by atoms with van der Waals surface area (Å²) in [6.45, 7) is 2.44. The number of carbonyl (C=O) groups excluding carboxylic acids is 2. The van der Waals surface area contributed by atoms with Gasteiger partial charge in [0.25, 0.3) is 0 Å². The molecule has 24 heavy (non-hydrogen) atoms. The molecule has 0 spiro atoms. The molecule has 0 aromatic heterocycles. The van der Waals surface area contributed by atoms with Gasteiger partial charge in [0.15, 0.2) is 0 Å². The van der Waals surface area contributed by atoms with Gasteiger partial charge in [-0.05, 0) is 30.7 Å². The first-order valence-corrected chi connectivity index (χ1v) is 7.93. The van der Waals surface area contributed by atoms with Gasteiger partial charge in [-0.1, -0.05) is 30.3 Å². The molecule has 2 aromatic carbocycles. The van der Waals surface area contributed by atoms with Gasteiger partial charge in [0.1, 0.15) is 5.82 Å². The molecule has 1 aliphatic heterocycles. The first-order valence-electron chi connectivity index (χ1n) is 7.93. The third-order valence-corrected chi connectivity index (χ3v) is 4.22. The molecule has 1 fully saturated rings. The average Bonchev–Trinajstić information content (AvgIpc) is 2.96. The number of hydrogen-bond acceptors (Lipinski definition) is 2. The Hall–Kier alpha value is -2.69. The van der Waals surface area contributed by atoms with Crippen LogP contribution in [0, 0.1) is 18.7 Å². The second-order valence-corrected chi connectivity index (χ2v) is 6.05. The Morgan fingerprint density at radius 2 is 2.04 bits per heavy atom. The zero-order valence-electron chi connectivity index (χ0n) is 13.5. The van der Waals surface area contributed by atoms with E-state index in [1.807, 2.05) is 31.2 Å². The van der Waals surface area contributed by atoms with E-state index in [9.17, 15) is 14.0 Å². The molecule has 1 N–H and O–H groups in total. The van der Waals surface area contributed by atoms with E-state index >= 15 is 0 Å². The number of anilines is 1. The largest absolute Gasteiger partial charge is 0.352 e. The van der Waals surface area contributed by atoms with Crippen LogP contribution in [0.25, 0.3) is 0 Å². The summed E-state index contributed by atoms with van der Waals surface area (Å²) in [6.07, 6.45) is 0.178. The van der Waals surface area contributed by atoms with Gasteiger partial charge in [0.05, 0.1) is 5.92 Å². The van der Waals surface area contributed by atoms with Crippen LogP contribution >= 0.6 is 0 Å². The molecule has 2 aromatic rings. The fourth-order valence-electron chi connectivity index (χ4n) is 2.90. The molecule has 3 rings (SSSR count). The Morgan fingerprint density at radius 3 is 2.79 bits per heavy atom. The zero-order chi connectivity index (χ0) is 17.1. The summed E-state index contributed by atoms with van der Waals surface area (Å²) in [4.78, 5) is 26.2. The van der Waals surface area contributed by atoms with E-state index in [-0.39, 0.29) is 30.6 Å². The van der Waals surface area contributed by atoms with Crippen molar-refractivity contribution in [3.63, 3.8) is 0 Å². The van der Waals surface area contributed by atoms with Crippen LogP contribution in [-0.2, 0) is 16.1 Å². The minimum Gasteiger partial charge on any atom is -0.352 e. The van der Waals surface area contributed by atoms with Crippen LogP contribution in [0.2, 0.25) is 0 Å². The van der Waals surface area contributed by atoms with Crippen molar-refractivity contribution in [1.82, 2.24) is 5.32 Å². The van der Waals surface area contributed by atoms with Gasteiger partial charge >= 0.3 is 0 Å². The van der Waals surface area contributed by atoms with Crippen molar-refractivity contribution in [2.24, 2.45) is 5.92 Å². The molecular weight excluding hydrogens is 307 g/mol. The van der Waals surface area contributed by atoms with E-state index in [1.54, 1.807) is 23.1 Å². The van der Waals surface area contributed by atoms with E-state index in [2.05, 4.69) is 5.32 Å². The second-order valence-electron chi connectivity index (χ2n) is 6.05. The zero-order valence-corrected chi connectivity index (χ0v) is 13.5. The van der Waals surface area contributed by atoms with Gasteiger partial charge in [-0.3, -0.25) is 9.59 Å². The lowest BCUT2D eigenvalue weighted by Crippen LogP contribution is -2.32. The third kappa shape index (κ3) is 3.45. The van der Waals surface area contributed by atoms with Crippen molar-refractivity contribution < 1.29 is 14.0 Å².